The number of methoxy groups -OCH3 is 1. The lowest BCUT2D eigenvalue weighted by molar-refractivity contribution is -0.120. The summed E-state index contributed by atoms with van der Waals surface area (Å²) in [5.41, 5.74) is 3.07. The summed E-state index contributed by atoms with van der Waals surface area (Å²) in [6, 6.07) is 17.4. The number of fused-ring (bicyclic) bond motifs is 1. The summed E-state index contributed by atoms with van der Waals surface area (Å²) < 4.78 is 5.51. The van der Waals surface area contributed by atoms with E-state index in [4.69, 9.17) is 4.74 Å². The molecule has 7 nitrogen and oxygen atoms in total. The van der Waals surface area contributed by atoms with Crippen LogP contribution in [0.2, 0.25) is 0 Å². The molecule has 3 aromatic rings. The van der Waals surface area contributed by atoms with E-state index < -0.39 is 0 Å². The van der Waals surface area contributed by atoms with E-state index in [-0.39, 0.29) is 17.7 Å². The maximum Gasteiger partial charge on any atom is 0.272 e. The van der Waals surface area contributed by atoms with Crippen LogP contribution in [0, 0.1) is 5.92 Å². The van der Waals surface area contributed by atoms with E-state index >= 15 is 0 Å². The fourth-order valence-corrected chi connectivity index (χ4v) is 4.72. The van der Waals surface area contributed by atoms with Crippen LogP contribution in [0.4, 0.5) is 11.4 Å². The lowest BCUT2D eigenvalue weighted by Gasteiger charge is -2.36. The third-order valence-electron chi connectivity index (χ3n) is 6.95. The lowest BCUT2D eigenvalue weighted by atomic mass is 9.98. The number of nitrogens with one attached hydrogen (secondary N) is 1. The minimum atomic E-state index is -0.0784. The van der Waals surface area contributed by atoms with Gasteiger partial charge in [0.05, 0.1) is 12.6 Å². The van der Waals surface area contributed by atoms with Gasteiger partial charge in [-0.05, 0) is 49.2 Å². The first-order chi connectivity index (χ1) is 17.5. The number of anilines is 2. The minimum absolute atomic E-state index is 0.0623. The summed E-state index contributed by atoms with van der Waals surface area (Å²) in [5.74, 6) is 0.743. The fourth-order valence-electron chi connectivity index (χ4n) is 4.72. The normalized spacial score (nSPS) is 14.5. The van der Waals surface area contributed by atoms with Gasteiger partial charge in [-0.15, -0.1) is 0 Å². The highest BCUT2D eigenvalue weighted by Gasteiger charge is 2.24. The van der Waals surface area contributed by atoms with Gasteiger partial charge in [0.2, 0.25) is 5.91 Å². The third kappa shape index (κ3) is 5.78. The summed E-state index contributed by atoms with van der Waals surface area (Å²) in [4.78, 5) is 34.5. The largest absolute Gasteiger partial charge is 0.496 e. The van der Waals surface area contributed by atoms with Crippen LogP contribution in [0.3, 0.4) is 0 Å². The first kappa shape index (κ1) is 25.5. The van der Waals surface area contributed by atoms with Gasteiger partial charge in [0.1, 0.15) is 11.4 Å². The Labute approximate surface area is 213 Å². The first-order valence-electron chi connectivity index (χ1n) is 12.9. The molecular formula is C29H36N4O3. The Morgan fingerprint density at radius 1 is 1.03 bits per heavy atom. The number of benzene rings is 2. The number of piperazine rings is 1. The number of ether oxygens (including phenoxy) is 1. The number of pyridine rings is 1. The second-order valence-corrected chi connectivity index (χ2v) is 9.29. The molecule has 36 heavy (non-hydrogen) atoms. The molecule has 1 aliphatic rings. The molecule has 1 saturated heterocycles. The SMILES string of the molecule is CCCCC(CC)C(=O)Nc1ccc(N2CCN(C(=O)c3cc(OC)c4ccccc4n3)CC2)cc1. The average Bonchev–Trinajstić information content (AvgIpc) is 2.93. The zero-order valence-electron chi connectivity index (χ0n) is 21.5. The summed E-state index contributed by atoms with van der Waals surface area (Å²) in [7, 11) is 1.61. The van der Waals surface area contributed by atoms with Crippen molar-refractivity contribution in [3.8, 4) is 5.75 Å². The van der Waals surface area contributed by atoms with Crippen molar-refractivity contribution in [3.05, 3.63) is 60.3 Å². The topological polar surface area (TPSA) is 74.8 Å². The molecular weight excluding hydrogens is 452 g/mol. The maximum absolute atomic E-state index is 13.2. The second kappa shape index (κ2) is 11.9. The molecule has 1 fully saturated rings. The van der Waals surface area contributed by atoms with Crippen LogP contribution < -0.4 is 15.0 Å². The number of para-hydroxylation sites is 1. The fraction of sp³-hybridized carbons (Fsp3) is 0.414. The van der Waals surface area contributed by atoms with Gasteiger partial charge < -0.3 is 19.9 Å². The van der Waals surface area contributed by atoms with E-state index in [1.54, 1.807) is 13.2 Å². The quantitative estimate of drug-likeness (QED) is 0.439. The molecule has 0 saturated carbocycles. The van der Waals surface area contributed by atoms with Gasteiger partial charge in [-0.1, -0.05) is 38.8 Å². The summed E-state index contributed by atoms with van der Waals surface area (Å²) in [5, 5.41) is 3.96. The number of carbonyl (C=O) groups is 2. The Bertz CT molecular complexity index is 1190. The van der Waals surface area contributed by atoms with Crippen LogP contribution in [0.25, 0.3) is 10.9 Å². The van der Waals surface area contributed by atoms with Crippen LogP contribution in [0.15, 0.2) is 54.6 Å². The number of hydrogen-bond acceptors (Lipinski definition) is 5. The van der Waals surface area contributed by atoms with Crippen LogP contribution in [-0.2, 0) is 4.79 Å². The number of unbranched alkanes of at least 4 members (excludes halogenated alkanes) is 1. The third-order valence-corrected chi connectivity index (χ3v) is 6.95. The van der Waals surface area contributed by atoms with Gasteiger partial charge >= 0.3 is 0 Å². The molecule has 1 atom stereocenters. The van der Waals surface area contributed by atoms with Crippen LogP contribution in [0.1, 0.15) is 50.0 Å². The highest BCUT2D eigenvalue weighted by molar-refractivity contribution is 5.97. The molecule has 190 valence electrons. The zero-order valence-corrected chi connectivity index (χ0v) is 21.5. The van der Waals surface area contributed by atoms with Gasteiger partial charge in [0.15, 0.2) is 0 Å². The minimum Gasteiger partial charge on any atom is -0.496 e. The predicted molar refractivity (Wildman–Crippen MR) is 145 cm³/mol. The molecule has 1 aliphatic heterocycles. The van der Waals surface area contributed by atoms with E-state index in [1.807, 2.05) is 53.4 Å². The Morgan fingerprint density at radius 2 is 1.75 bits per heavy atom. The molecule has 4 rings (SSSR count). The van der Waals surface area contributed by atoms with Gasteiger partial charge in [-0.3, -0.25) is 9.59 Å². The van der Waals surface area contributed by atoms with Crippen molar-refractivity contribution in [1.29, 1.82) is 0 Å². The van der Waals surface area contributed by atoms with Crippen molar-refractivity contribution in [1.82, 2.24) is 9.88 Å². The summed E-state index contributed by atoms with van der Waals surface area (Å²) in [6.07, 6.45) is 3.96. The number of aromatic nitrogens is 1. The Kier molecular flexibility index (Phi) is 8.41. The van der Waals surface area contributed by atoms with Gasteiger partial charge in [0, 0.05) is 54.9 Å². The van der Waals surface area contributed by atoms with Crippen molar-refractivity contribution < 1.29 is 14.3 Å². The second-order valence-electron chi connectivity index (χ2n) is 9.29. The number of amides is 2. The van der Waals surface area contributed by atoms with Crippen molar-refractivity contribution in [3.63, 3.8) is 0 Å². The van der Waals surface area contributed by atoms with Crippen LogP contribution in [-0.4, -0.2) is 55.0 Å². The molecule has 2 heterocycles. The van der Waals surface area contributed by atoms with E-state index in [2.05, 4.69) is 29.0 Å². The smallest absolute Gasteiger partial charge is 0.272 e. The molecule has 0 radical (unpaired) electrons. The molecule has 1 aromatic heterocycles. The van der Waals surface area contributed by atoms with E-state index in [0.717, 1.165) is 61.1 Å². The Balaban J connectivity index is 1.35. The van der Waals surface area contributed by atoms with Crippen LogP contribution in [0.5, 0.6) is 5.75 Å². The summed E-state index contributed by atoms with van der Waals surface area (Å²) >= 11 is 0. The molecule has 1 unspecified atom stereocenters. The number of carbonyl (C=O) groups excluding carboxylic acids is 2. The number of hydrogen-bond donors (Lipinski definition) is 1. The average molecular weight is 489 g/mol. The van der Waals surface area contributed by atoms with Crippen molar-refractivity contribution in [2.24, 2.45) is 5.92 Å². The Hall–Kier alpha value is -3.61. The lowest BCUT2D eigenvalue weighted by Crippen LogP contribution is -2.49. The van der Waals surface area contributed by atoms with Gasteiger partial charge in [-0.25, -0.2) is 4.98 Å². The molecule has 0 spiro atoms. The first-order valence-corrected chi connectivity index (χ1v) is 12.9. The van der Waals surface area contributed by atoms with Crippen molar-refractivity contribution >= 4 is 34.1 Å². The van der Waals surface area contributed by atoms with Crippen LogP contribution >= 0.6 is 0 Å². The standard InChI is InChI=1S/C29H36N4O3/c1-4-6-9-21(5-2)28(34)30-22-12-14-23(15-13-22)32-16-18-33(19-17-32)29(35)26-20-27(36-3)24-10-7-8-11-25(24)31-26/h7-8,10-15,20-21H,4-6,9,16-19H2,1-3H3,(H,30,34). The molecule has 1 N–H and O–H groups in total. The highest BCUT2D eigenvalue weighted by Crippen LogP contribution is 2.26. The molecule has 7 heteroatoms. The number of rotatable bonds is 9. The number of nitrogens with zero attached hydrogens (tertiary/aromatic N) is 3. The zero-order chi connectivity index (χ0) is 25.5. The van der Waals surface area contributed by atoms with Gasteiger partial charge in [-0.2, -0.15) is 0 Å². The van der Waals surface area contributed by atoms with E-state index in [9.17, 15) is 9.59 Å². The summed E-state index contributed by atoms with van der Waals surface area (Å²) in [6.45, 7) is 6.91. The van der Waals surface area contributed by atoms with E-state index in [0.29, 0.717) is 24.5 Å². The molecule has 2 aromatic carbocycles. The molecule has 0 bridgehead atoms. The van der Waals surface area contributed by atoms with Gasteiger partial charge in [0.25, 0.3) is 5.91 Å². The predicted octanol–water partition coefficient (Wildman–Crippen LogP) is 5.36. The molecule has 2 amide bonds. The van der Waals surface area contributed by atoms with E-state index in [1.165, 1.54) is 0 Å². The molecule has 0 aliphatic carbocycles. The van der Waals surface area contributed by atoms with Crippen molar-refractivity contribution in [2.75, 3.05) is 43.5 Å². The van der Waals surface area contributed by atoms with Crippen molar-refractivity contribution in [2.45, 2.75) is 39.5 Å². The highest BCUT2D eigenvalue weighted by atomic mass is 16.5. The Morgan fingerprint density at radius 3 is 2.42 bits per heavy atom. The monoisotopic (exact) mass is 488 g/mol. The maximum atomic E-state index is 13.2.